The number of aryl methyl sites for hydroxylation is 1. The lowest BCUT2D eigenvalue weighted by molar-refractivity contribution is 0.167. The predicted molar refractivity (Wildman–Crippen MR) is 62.9 cm³/mol. The van der Waals surface area contributed by atoms with Crippen molar-refractivity contribution in [3.05, 3.63) is 53.6 Å². The normalized spacial score (nSPS) is 12.7. The molecular formula is C13H14F2N2O. The molecule has 18 heavy (non-hydrogen) atoms. The highest BCUT2D eigenvalue weighted by atomic mass is 19.2. The van der Waals surface area contributed by atoms with E-state index in [1.165, 1.54) is 18.3 Å². The second kappa shape index (κ2) is 5.27. The van der Waals surface area contributed by atoms with E-state index < -0.39 is 17.7 Å². The maximum atomic E-state index is 13.5. The number of hydrogen-bond acceptors (Lipinski definition) is 2. The van der Waals surface area contributed by atoms with Crippen molar-refractivity contribution in [3.8, 4) is 0 Å². The number of aliphatic hydroxyl groups is 1. The van der Waals surface area contributed by atoms with Crippen LogP contribution in [0.4, 0.5) is 8.78 Å². The highest BCUT2D eigenvalue weighted by Crippen LogP contribution is 2.21. The summed E-state index contributed by atoms with van der Waals surface area (Å²) in [6.07, 6.45) is 2.25. The van der Waals surface area contributed by atoms with Crippen LogP contribution in [-0.2, 0) is 13.0 Å². The van der Waals surface area contributed by atoms with E-state index in [2.05, 4.69) is 4.98 Å². The molecule has 1 heterocycles. The third kappa shape index (κ3) is 2.41. The lowest BCUT2D eigenvalue weighted by atomic mass is 10.1. The molecule has 0 spiro atoms. The molecule has 0 aliphatic rings. The van der Waals surface area contributed by atoms with Crippen LogP contribution in [-0.4, -0.2) is 14.7 Å². The summed E-state index contributed by atoms with van der Waals surface area (Å²) in [5.41, 5.74) is 0.757. The lowest BCUT2D eigenvalue weighted by Crippen LogP contribution is -2.09. The number of rotatable bonds is 4. The number of aliphatic hydroxyl groups excluding tert-OH is 1. The first kappa shape index (κ1) is 12.7. The van der Waals surface area contributed by atoms with Gasteiger partial charge in [-0.05, 0) is 18.6 Å². The van der Waals surface area contributed by atoms with Gasteiger partial charge in [-0.25, -0.2) is 13.8 Å². The summed E-state index contributed by atoms with van der Waals surface area (Å²) in [4.78, 5) is 3.93. The average molecular weight is 252 g/mol. The number of aromatic nitrogens is 2. The molecular weight excluding hydrogens is 238 g/mol. The summed E-state index contributed by atoms with van der Waals surface area (Å²) in [5, 5.41) is 10.0. The van der Waals surface area contributed by atoms with E-state index in [0.717, 1.165) is 6.07 Å². The zero-order valence-electron chi connectivity index (χ0n) is 9.98. The average Bonchev–Trinajstić information content (AvgIpc) is 2.83. The third-order valence-corrected chi connectivity index (χ3v) is 2.87. The van der Waals surface area contributed by atoms with E-state index in [-0.39, 0.29) is 12.0 Å². The fourth-order valence-electron chi connectivity index (χ4n) is 1.89. The van der Waals surface area contributed by atoms with Crippen LogP contribution >= 0.6 is 0 Å². The Morgan fingerprint density at radius 3 is 2.89 bits per heavy atom. The molecule has 0 aliphatic heterocycles. The molecule has 1 atom stereocenters. The zero-order chi connectivity index (χ0) is 13.1. The van der Waals surface area contributed by atoms with Crippen LogP contribution in [0.1, 0.15) is 24.3 Å². The van der Waals surface area contributed by atoms with Crippen molar-refractivity contribution in [1.82, 2.24) is 9.55 Å². The third-order valence-electron chi connectivity index (χ3n) is 2.87. The molecule has 0 fully saturated rings. The minimum absolute atomic E-state index is 0.0231. The SMILES string of the molecule is CCn1cncc1C(O)Cc1cccc(F)c1F. The van der Waals surface area contributed by atoms with Crippen LogP contribution in [0, 0.1) is 11.6 Å². The monoisotopic (exact) mass is 252 g/mol. The van der Waals surface area contributed by atoms with Crippen LogP contribution in [0.5, 0.6) is 0 Å². The molecule has 5 heteroatoms. The van der Waals surface area contributed by atoms with Gasteiger partial charge in [-0.15, -0.1) is 0 Å². The van der Waals surface area contributed by atoms with Crippen LogP contribution in [0.15, 0.2) is 30.7 Å². The van der Waals surface area contributed by atoms with Gasteiger partial charge in [-0.1, -0.05) is 12.1 Å². The highest BCUT2D eigenvalue weighted by Gasteiger charge is 2.16. The second-order valence-corrected chi connectivity index (χ2v) is 4.04. The summed E-state index contributed by atoms with van der Waals surface area (Å²) in [7, 11) is 0. The maximum absolute atomic E-state index is 13.5. The second-order valence-electron chi connectivity index (χ2n) is 4.04. The van der Waals surface area contributed by atoms with Gasteiger partial charge in [0.2, 0.25) is 0 Å². The molecule has 3 nitrogen and oxygen atoms in total. The summed E-state index contributed by atoms with van der Waals surface area (Å²) >= 11 is 0. The lowest BCUT2D eigenvalue weighted by Gasteiger charge is -2.13. The Morgan fingerprint density at radius 2 is 2.17 bits per heavy atom. The van der Waals surface area contributed by atoms with E-state index in [1.54, 1.807) is 10.9 Å². The smallest absolute Gasteiger partial charge is 0.162 e. The number of hydrogen-bond donors (Lipinski definition) is 1. The Morgan fingerprint density at radius 1 is 1.39 bits per heavy atom. The number of benzene rings is 1. The summed E-state index contributed by atoms with van der Waals surface area (Å²) in [6.45, 7) is 2.58. The fraction of sp³-hybridized carbons (Fsp3) is 0.308. The van der Waals surface area contributed by atoms with Gasteiger partial charge in [-0.2, -0.15) is 0 Å². The molecule has 0 saturated heterocycles. The fourth-order valence-corrected chi connectivity index (χ4v) is 1.89. The van der Waals surface area contributed by atoms with Gasteiger partial charge in [0.15, 0.2) is 11.6 Å². The Kier molecular flexibility index (Phi) is 3.72. The molecule has 96 valence electrons. The van der Waals surface area contributed by atoms with Crippen LogP contribution in [0.2, 0.25) is 0 Å². The van der Waals surface area contributed by atoms with Gasteiger partial charge in [0, 0.05) is 13.0 Å². The van der Waals surface area contributed by atoms with Crippen molar-refractivity contribution in [3.63, 3.8) is 0 Å². The van der Waals surface area contributed by atoms with Crippen molar-refractivity contribution in [2.45, 2.75) is 26.0 Å². The van der Waals surface area contributed by atoms with Crippen molar-refractivity contribution < 1.29 is 13.9 Å². The predicted octanol–water partition coefficient (Wildman–Crippen LogP) is 2.46. The first-order valence-corrected chi connectivity index (χ1v) is 5.74. The van der Waals surface area contributed by atoms with E-state index in [9.17, 15) is 13.9 Å². The molecule has 1 unspecified atom stereocenters. The number of imidazole rings is 1. The molecule has 1 aromatic carbocycles. The van der Waals surface area contributed by atoms with Crippen LogP contribution in [0.25, 0.3) is 0 Å². The molecule has 0 aliphatic carbocycles. The van der Waals surface area contributed by atoms with Crippen LogP contribution < -0.4 is 0 Å². The number of halogens is 2. The topological polar surface area (TPSA) is 38.0 Å². The number of nitrogens with zero attached hydrogens (tertiary/aromatic N) is 2. The molecule has 2 aromatic rings. The summed E-state index contributed by atoms with van der Waals surface area (Å²) < 4.78 is 28.3. The molecule has 0 bridgehead atoms. The Bertz CT molecular complexity index is 540. The molecule has 0 saturated carbocycles. The van der Waals surface area contributed by atoms with Gasteiger partial charge in [0.25, 0.3) is 0 Å². The van der Waals surface area contributed by atoms with E-state index in [0.29, 0.717) is 12.2 Å². The maximum Gasteiger partial charge on any atom is 0.162 e. The molecule has 1 N–H and O–H groups in total. The molecule has 1 aromatic heterocycles. The molecule has 2 rings (SSSR count). The molecule has 0 amide bonds. The van der Waals surface area contributed by atoms with Crippen molar-refractivity contribution in [2.75, 3.05) is 0 Å². The van der Waals surface area contributed by atoms with Crippen molar-refractivity contribution in [2.24, 2.45) is 0 Å². The van der Waals surface area contributed by atoms with Gasteiger partial charge in [0.05, 0.1) is 24.3 Å². The zero-order valence-corrected chi connectivity index (χ0v) is 9.98. The minimum Gasteiger partial charge on any atom is -0.386 e. The summed E-state index contributed by atoms with van der Waals surface area (Å²) in [6, 6.07) is 3.95. The van der Waals surface area contributed by atoms with E-state index in [1.807, 2.05) is 6.92 Å². The van der Waals surface area contributed by atoms with Gasteiger partial charge < -0.3 is 9.67 Å². The first-order chi connectivity index (χ1) is 8.63. The quantitative estimate of drug-likeness (QED) is 0.907. The van der Waals surface area contributed by atoms with E-state index in [4.69, 9.17) is 0 Å². The molecule has 0 radical (unpaired) electrons. The van der Waals surface area contributed by atoms with Crippen LogP contribution in [0.3, 0.4) is 0 Å². The van der Waals surface area contributed by atoms with Gasteiger partial charge >= 0.3 is 0 Å². The largest absolute Gasteiger partial charge is 0.386 e. The minimum atomic E-state index is -0.904. The Balaban J connectivity index is 2.21. The van der Waals surface area contributed by atoms with E-state index >= 15 is 0 Å². The van der Waals surface area contributed by atoms with Gasteiger partial charge in [0.1, 0.15) is 0 Å². The Labute approximate surface area is 104 Å². The summed E-state index contributed by atoms with van der Waals surface area (Å²) in [5.74, 6) is -1.80. The van der Waals surface area contributed by atoms with Crippen molar-refractivity contribution >= 4 is 0 Å². The standard InChI is InChI=1S/C13H14F2N2O/c1-2-17-8-16-7-11(17)12(18)6-9-4-3-5-10(14)13(9)15/h3-5,7-8,12,18H,2,6H2,1H3. The first-order valence-electron chi connectivity index (χ1n) is 5.74. The van der Waals surface area contributed by atoms with Gasteiger partial charge in [-0.3, -0.25) is 0 Å². The Hall–Kier alpha value is -1.75. The highest BCUT2D eigenvalue weighted by molar-refractivity contribution is 5.21. The van der Waals surface area contributed by atoms with Crippen molar-refractivity contribution in [1.29, 1.82) is 0 Å².